The van der Waals surface area contributed by atoms with Crippen molar-refractivity contribution in [2.75, 3.05) is 4.90 Å². The molecule has 2 saturated carbocycles. The second-order valence-corrected chi connectivity index (χ2v) is 13.2. The molecule has 3 fully saturated rings. The Hall–Kier alpha value is -5.63. The van der Waals surface area contributed by atoms with Gasteiger partial charge in [-0.3, -0.25) is 19.3 Å². The molecule has 2 aliphatic carbocycles. The van der Waals surface area contributed by atoms with Gasteiger partial charge >= 0.3 is 5.97 Å². The number of rotatable bonds is 9. The number of ether oxygens (including phenoxy) is 2. The lowest BCUT2D eigenvalue weighted by Crippen LogP contribution is -2.32. The molecule has 3 aliphatic rings. The molecule has 0 unspecified atom stereocenters. The average Bonchev–Trinajstić information content (AvgIpc) is 3.84. The number of pyridine rings is 1. The summed E-state index contributed by atoms with van der Waals surface area (Å²) in [4.78, 5) is 59.7. The van der Waals surface area contributed by atoms with Gasteiger partial charge in [0.15, 0.2) is 6.10 Å². The molecule has 5 aromatic rings. The molecule has 2 bridgehead atoms. The highest BCUT2D eigenvalue weighted by Crippen LogP contribution is 2.56. The summed E-state index contributed by atoms with van der Waals surface area (Å²) in [5, 5.41) is 0.599. The normalized spacial score (nSPS) is 21.5. The number of amides is 2. The van der Waals surface area contributed by atoms with Crippen LogP contribution >= 0.6 is 0 Å². The molecule has 4 aromatic carbocycles. The summed E-state index contributed by atoms with van der Waals surface area (Å²) in [7, 11) is 0. The molecule has 2 heterocycles. The minimum atomic E-state index is -1.04. The van der Waals surface area contributed by atoms with E-state index < -0.39 is 12.1 Å². The third-order valence-corrected chi connectivity index (χ3v) is 10.3. The fraction of sp³-hybridized carbons (Fsp3) is 0.244. The van der Waals surface area contributed by atoms with E-state index in [1.807, 2.05) is 60.7 Å². The number of benzene rings is 4. The van der Waals surface area contributed by atoms with Crippen molar-refractivity contribution in [3.05, 3.63) is 126 Å². The third-order valence-electron chi connectivity index (χ3n) is 10.3. The molecule has 0 radical (unpaired) electrons. The van der Waals surface area contributed by atoms with Crippen LogP contribution in [0.4, 0.5) is 5.69 Å². The van der Waals surface area contributed by atoms with Gasteiger partial charge in [-0.25, -0.2) is 9.78 Å². The van der Waals surface area contributed by atoms with E-state index in [2.05, 4.69) is 0 Å². The van der Waals surface area contributed by atoms with Crippen LogP contribution < -0.4 is 9.64 Å². The van der Waals surface area contributed by atoms with E-state index in [4.69, 9.17) is 14.5 Å². The van der Waals surface area contributed by atoms with E-state index in [0.29, 0.717) is 57.6 Å². The number of carbonyl (C=O) groups is 4. The highest BCUT2D eigenvalue weighted by atomic mass is 16.5. The third kappa shape index (κ3) is 5.57. The Morgan fingerprint density at radius 2 is 1.47 bits per heavy atom. The molecular formula is C41H34N2O6. The van der Waals surface area contributed by atoms with Crippen molar-refractivity contribution in [3.63, 3.8) is 0 Å². The Bertz CT molecular complexity index is 2070. The molecule has 0 spiro atoms. The van der Waals surface area contributed by atoms with Gasteiger partial charge in [-0.15, -0.1) is 0 Å². The van der Waals surface area contributed by atoms with Crippen molar-refractivity contribution in [1.82, 2.24) is 4.98 Å². The zero-order chi connectivity index (χ0) is 33.6. The number of aromatic nitrogens is 1. The molecule has 1 aromatic heterocycles. The van der Waals surface area contributed by atoms with Gasteiger partial charge in [-0.05, 0) is 92.1 Å². The van der Waals surface area contributed by atoms with Crippen molar-refractivity contribution in [3.8, 4) is 17.0 Å². The van der Waals surface area contributed by atoms with E-state index in [-0.39, 0.29) is 35.0 Å². The second kappa shape index (κ2) is 12.4. The van der Waals surface area contributed by atoms with Gasteiger partial charge in [0, 0.05) is 16.5 Å². The van der Waals surface area contributed by atoms with Gasteiger partial charge in [0.1, 0.15) is 12.4 Å². The topological polar surface area (TPSA) is 103 Å². The zero-order valence-corrected chi connectivity index (χ0v) is 27.0. The predicted octanol–water partition coefficient (Wildman–Crippen LogP) is 7.44. The second-order valence-electron chi connectivity index (χ2n) is 13.2. The number of para-hydroxylation sites is 1. The lowest BCUT2D eigenvalue weighted by molar-refractivity contribution is -0.123. The van der Waals surface area contributed by atoms with E-state index in [0.717, 1.165) is 24.8 Å². The molecule has 8 heteroatoms. The highest BCUT2D eigenvalue weighted by Gasteiger charge is 2.61. The van der Waals surface area contributed by atoms with E-state index >= 15 is 0 Å². The smallest absolute Gasteiger partial charge is 0.339 e. The van der Waals surface area contributed by atoms with Crippen molar-refractivity contribution >= 4 is 40.2 Å². The molecule has 8 nitrogen and oxygen atoms in total. The number of imide groups is 1. The number of carbonyl (C=O) groups excluding carboxylic acids is 4. The summed E-state index contributed by atoms with van der Waals surface area (Å²) in [6.45, 7) is 1.97. The number of anilines is 1. The highest BCUT2D eigenvalue weighted by molar-refractivity contribution is 6.22. The van der Waals surface area contributed by atoms with Crippen LogP contribution in [-0.4, -0.2) is 34.7 Å². The maximum atomic E-state index is 13.6. The quantitative estimate of drug-likeness (QED) is 0.0928. The SMILES string of the molecule is C[C@@H](OC(=O)c1cc(-c2ccc(N3C(=O)[C@@H]4[C@H]5CC[C@@H](C5)[C@@H]4C3=O)cc2)nc2ccccc12)C(=O)c1ccc(OCc2ccccc2)cc1. The van der Waals surface area contributed by atoms with Gasteiger partial charge in [-0.2, -0.15) is 0 Å². The van der Waals surface area contributed by atoms with Crippen LogP contribution in [0, 0.1) is 23.7 Å². The molecule has 5 atom stereocenters. The Morgan fingerprint density at radius 1 is 0.816 bits per heavy atom. The maximum Gasteiger partial charge on any atom is 0.339 e. The average molecular weight is 651 g/mol. The van der Waals surface area contributed by atoms with Gasteiger partial charge < -0.3 is 9.47 Å². The fourth-order valence-corrected chi connectivity index (χ4v) is 7.91. The molecule has 2 amide bonds. The minimum absolute atomic E-state index is 0.0835. The monoisotopic (exact) mass is 650 g/mol. The van der Waals surface area contributed by atoms with Crippen molar-refractivity contribution in [2.45, 2.75) is 38.9 Å². The first kappa shape index (κ1) is 30.7. The maximum absolute atomic E-state index is 13.6. The lowest BCUT2D eigenvalue weighted by Gasteiger charge is -2.19. The van der Waals surface area contributed by atoms with E-state index in [1.54, 1.807) is 55.5 Å². The number of ketones is 1. The van der Waals surface area contributed by atoms with Crippen molar-refractivity contribution < 1.29 is 28.7 Å². The van der Waals surface area contributed by atoms with Gasteiger partial charge in [0.05, 0.1) is 34.3 Å². The summed E-state index contributed by atoms with van der Waals surface area (Å²) in [6, 6.07) is 32.6. The van der Waals surface area contributed by atoms with Crippen molar-refractivity contribution in [2.24, 2.45) is 23.7 Å². The largest absolute Gasteiger partial charge is 0.489 e. The van der Waals surface area contributed by atoms with Crippen LogP contribution in [0.3, 0.4) is 0 Å². The Labute approximate surface area is 283 Å². The van der Waals surface area contributed by atoms with Crippen LogP contribution in [0.15, 0.2) is 109 Å². The summed E-state index contributed by atoms with van der Waals surface area (Å²) >= 11 is 0. The van der Waals surface area contributed by atoms with Crippen LogP contribution in [-0.2, 0) is 20.9 Å². The number of fused-ring (bicyclic) bond motifs is 6. The Morgan fingerprint density at radius 3 is 2.16 bits per heavy atom. The lowest BCUT2D eigenvalue weighted by atomic mass is 9.81. The summed E-state index contributed by atoms with van der Waals surface area (Å²) in [5.41, 5.74) is 4.10. The fourth-order valence-electron chi connectivity index (χ4n) is 7.91. The molecular weight excluding hydrogens is 616 g/mol. The van der Waals surface area contributed by atoms with Crippen LogP contribution in [0.1, 0.15) is 52.5 Å². The first-order chi connectivity index (χ1) is 23.9. The number of Topliss-reactive ketones (excluding diaryl/α,β-unsaturated/α-hetero) is 1. The first-order valence-electron chi connectivity index (χ1n) is 16.8. The van der Waals surface area contributed by atoms with Gasteiger partial charge in [-0.1, -0.05) is 60.7 Å². The standard InChI is InChI=1S/C41H34N2O6/c1-24(38(44)27-15-19-31(20-16-27)48-23-25-7-3-2-4-8-25)49-41(47)33-22-35(42-34-10-6-5-9-32(33)34)26-13-17-30(18-14-26)43-39(45)36-28-11-12-29(21-28)37(36)40(43)46/h2-10,13-20,22,24,28-29,36-37H,11-12,21,23H2,1H3/t24-,28+,29+,36-,37+/m1/s1. The minimum Gasteiger partial charge on any atom is -0.489 e. The Balaban J connectivity index is 0.986. The summed E-state index contributed by atoms with van der Waals surface area (Å²) in [5.74, 6) is -0.252. The number of hydrogen-bond donors (Lipinski definition) is 0. The molecule has 0 N–H and O–H groups in total. The molecule has 1 aliphatic heterocycles. The number of nitrogens with zero attached hydrogens (tertiary/aromatic N) is 2. The molecule has 244 valence electrons. The molecule has 1 saturated heterocycles. The van der Waals surface area contributed by atoms with E-state index in [1.165, 1.54) is 4.90 Å². The Kier molecular flexibility index (Phi) is 7.79. The van der Waals surface area contributed by atoms with E-state index in [9.17, 15) is 19.2 Å². The van der Waals surface area contributed by atoms with Crippen molar-refractivity contribution in [1.29, 1.82) is 0 Å². The van der Waals surface area contributed by atoms with Crippen LogP contribution in [0.25, 0.3) is 22.2 Å². The van der Waals surface area contributed by atoms with Gasteiger partial charge in [0.25, 0.3) is 0 Å². The summed E-state index contributed by atoms with van der Waals surface area (Å²) in [6.07, 6.45) is 2.01. The number of esters is 1. The number of hydrogen-bond acceptors (Lipinski definition) is 7. The molecule has 8 rings (SSSR count). The first-order valence-corrected chi connectivity index (χ1v) is 16.8. The predicted molar refractivity (Wildman–Crippen MR) is 184 cm³/mol. The molecule has 49 heavy (non-hydrogen) atoms. The van der Waals surface area contributed by atoms with Crippen LogP contribution in [0.5, 0.6) is 5.75 Å². The van der Waals surface area contributed by atoms with Gasteiger partial charge in [0.2, 0.25) is 17.6 Å². The summed E-state index contributed by atoms with van der Waals surface area (Å²) < 4.78 is 11.6. The van der Waals surface area contributed by atoms with Crippen LogP contribution in [0.2, 0.25) is 0 Å². The zero-order valence-electron chi connectivity index (χ0n) is 27.0.